The van der Waals surface area contributed by atoms with Gasteiger partial charge in [-0.05, 0) is 18.2 Å². The van der Waals surface area contributed by atoms with Gasteiger partial charge in [0.05, 0.1) is 24.3 Å². The van der Waals surface area contributed by atoms with E-state index in [0.29, 0.717) is 16.9 Å². The normalized spacial score (nSPS) is 11.0. The largest absolute Gasteiger partial charge is 0.496 e. The summed E-state index contributed by atoms with van der Waals surface area (Å²) in [5.74, 6) is -0.867. The highest BCUT2D eigenvalue weighted by Gasteiger charge is 2.35. The third-order valence-corrected chi connectivity index (χ3v) is 2.47. The van der Waals surface area contributed by atoms with Crippen LogP contribution in [0, 0.1) is 11.3 Å². The smallest absolute Gasteiger partial charge is 0.314 e. The fraction of sp³-hybridized carbons (Fsp3) is 0.417. The molecule has 0 amide bonds. The Bertz CT molecular complexity index is 413. The number of rotatable bonds is 5. The van der Waals surface area contributed by atoms with Crippen molar-refractivity contribution in [3.05, 3.63) is 29.3 Å². The quantitative estimate of drug-likeness (QED) is 0.728. The van der Waals surface area contributed by atoms with Crippen LogP contribution in [0.15, 0.2) is 18.2 Å². The van der Waals surface area contributed by atoms with Crippen LogP contribution in [-0.4, -0.2) is 28.4 Å². The van der Waals surface area contributed by atoms with Crippen molar-refractivity contribution in [1.29, 1.82) is 5.26 Å². The van der Waals surface area contributed by atoms with Gasteiger partial charge in [-0.15, -0.1) is 0 Å². The summed E-state index contributed by atoms with van der Waals surface area (Å²) in [4.78, 5) is 0. The first-order valence-electron chi connectivity index (χ1n) is 4.91. The summed E-state index contributed by atoms with van der Waals surface area (Å²) >= 11 is 0. The Morgan fingerprint density at radius 2 is 1.65 bits per heavy atom. The molecule has 0 bridgehead atoms. The van der Waals surface area contributed by atoms with Crippen LogP contribution in [0.4, 0.5) is 0 Å². The van der Waals surface area contributed by atoms with Gasteiger partial charge in [-0.1, -0.05) is 0 Å². The lowest BCUT2D eigenvalue weighted by Gasteiger charge is -2.30. The zero-order valence-corrected chi connectivity index (χ0v) is 10.3. The average Bonchev–Trinajstić information content (AvgIpc) is 2.41. The molecule has 5 nitrogen and oxygen atoms in total. The second-order valence-electron chi connectivity index (χ2n) is 3.20. The van der Waals surface area contributed by atoms with Gasteiger partial charge in [0, 0.05) is 21.3 Å². The van der Waals surface area contributed by atoms with E-state index in [9.17, 15) is 0 Å². The van der Waals surface area contributed by atoms with Crippen LogP contribution in [0.25, 0.3) is 0 Å². The molecule has 0 atom stereocenters. The molecule has 0 saturated heterocycles. The Morgan fingerprint density at radius 1 is 1.06 bits per heavy atom. The van der Waals surface area contributed by atoms with Gasteiger partial charge in [0.25, 0.3) is 0 Å². The van der Waals surface area contributed by atoms with E-state index in [1.807, 2.05) is 6.07 Å². The summed E-state index contributed by atoms with van der Waals surface area (Å²) in [6.07, 6.45) is 0. The zero-order valence-electron chi connectivity index (χ0n) is 10.3. The van der Waals surface area contributed by atoms with Crippen LogP contribution in [0.5, 0.6) is 5.75 Å². The summed E-state index contributed by atoms with van der Waals surface area (Å²) in [7, 11) is 5.89. The van der Waals surface area contributed by atoms with Crippen molar-refractivity contribution >= 4 is 0 Å². The van der Waals surface area contributed by atoms with Crippen molar-refractivity contribution in [3.63, 3.8) is 0 Å². The fourth-order valence-electron chi connectivity index (χ4n) is 1.59. The maximum Gasteiger partial charge on any atom is 0.314 e. The molecule has 0 radical (unpaired) electrons. The molecule has 0 spiro atoms. The number of hydrogen-bond acceptors (Lipinski definition) is 5. The Balaban J connectivity index is 3.34. The molecule has 0 heterocycles. The second-order valence-corrected chi connectivity index (χ2v) is 3.20. The van der Waals surface area contributed by atoms with Crippen LogP contribution in [0.2, 0.25) is 0 Å². The number of hydrogen-bond donors (Lipinski definition) is 0. The van der Waals surface area contributed by atoms with E-state index in [-0.39, 0.29) is 0 Å². The summed E-state index contributed by atoms with van der Waals surface area (Å²) in [6, 6.07) is 6.95. The minimum Gasteiger partial charge on any atom is -0.496 e. The first kappa shape index (κ1) is 13.5. The number of nitrogens with zero attached hydrogens (tertiary/aromatic N) is 1. The van der Waals surface area contributed by atoms with E-state index in [2.05, 4.69) is 0 Å². The van der Waals surface area contributed by atoms with Gasteiger partial charge in [0.2, 0.25) is 0 Å². The van der Waals surface area contributed by atoms with E-state index >= 15 is 0 Å². The van der Waals surface area contributed by atoms with Crippen LogP contribution in [0.1, 0.15) is 11.1 Å². The first-order chi connectivity index (χ1) is 8.17. The van der Waals surface area contributed by atoms with Gasteiger partial charge in [0.1, 0.15) is 5.75 Å². The predicted molar refractivity (Wildman–Crippen MR) is 60.4 cm³/mol. The Hall–Kier alpha value is -1.61. The molecule has 0 aliphatic heterocycles. The van der Waals surface area contributed by atoms with E-state index < -0.39 is 5.97 Å². The van der Waals surface area contributed by atoms with Crippen molar-refractivity contribution in [2.24, 2.45) is 0 Å². The average molecular weight is 237 g/mol. The van der Waals surface area contributed by atoms with Crippen molar-refractivity contribution in [2.45, 2.75) is 5.97 Å². The maximum atomic E-state index is 8.82. The molecule has 0 N–H and O–H groups in total. The lowest BCUT2D eigenvalue weighted by atomic mass is 10.1. The van der Waals surface area contributed by atoms with Gasteiger partial charge in [0.15, 0.2) is 0 Å². The summed E-state index contributed by atoms with van der Waals surface area (Å²) < 4.78 is 20.9. The molecule has 5 heteroatoms. The third-order valence-electron chi connectivity index (χ3n) is 2.47. The summed E-state index contributed by atoms with van der Waals surface area (Å²) in [5, 5.41) is 8.82. The number of methoxy groups -OCH3 is 4. The van der Waals surface area contributed by atoms with Gasteiger partial charge in [-0.2, -0.15) is 5.26 Å². The SMILES string of the molecule is COc1cc(C#N)ccc1C(OC)(OC)OC. The second kappa shape index (κ2) is 5.64. The topological polar surface area (TPSA) is 60.7 Å². The molecule has 17 heavy (non-hydrogen) atoms. The molecular weight excluding hydrogens is 222 g/mol. The third kappa shape index (κ3) is 2.39. The number of ether oxygens (including phenoxy) is 4. The van der Waals surface area contributed by atoms with Gasteiger partial charge < -0.3 is 18.9 Å². The highest BCUT2D eigenvalue weighted by atomic mass is 16.9. The Morgan fingerprint density at radius 3 is 2.06 bits per heavy atom. The standard InChI is InChI=1S/C12H15NO4/c1-14-11-7-9(8-13)5-6-10(11)12(15-2,16-3)17-4/h5-7H,1-4H3. The molecule has 1 aromatic rings. The van der Waals surface area contributed by atoms with Crippen molar-refractivity contribution in [3.8, 4) is 11.8 Å². The molecule has 0 fully saturated rings. The highest BCUT2D eigenvalue weighted by molar-refractivity contribution is 5.44. The lowest BCUT2D eigenvalue weighted by molar-refractivity contribution is -0.365. The van der Waals surface area contributed by atoms with Crippen molar-refractivity contribution in [2.75, 3.05) is 28.4 Å². The van der Waals surface area contributed by atoms with Crippen LogP contribution in [-0.2, 0) is 20.2 Å². The monoisotopic (exact) mass is 237 g/mol. The molecule has 0 saturated carbocycles. The minimum absolute atomic E-state index is 0.467. The zero-order chi connectivity index (χ0) is 12.9. The maximum absolute atomic E-state index is 8.82. The van der Waals surface area contributed by atoms with Crippen LogP contribution in [0.3, 0.4) is 0 Å². The van der Waals surface area contributed by atoms with Crippen LogP contribution >= 0.6 is 0 Å². The summed E-state index contributed by atoms with van der Waals surface area (Å²) in [5.41, 5.74) is 1.05. The first-order valence-corrected chi connectivity index (χ1v) is 4.91. The van der Waals surface area contributed by atoms with Crippen LogP contribution < -0.4 is 4.74 Å². The molecule has 0 aromatic heterocycles. The van der Waals surface area contributed by atoms with Gasteiger partial charge in [-0.25, -0.2) is 0 Å². The van der Waals surface area contributed by atoms with E-state index in [4.69, 9.17) is 24.2 Å². The van der Waals surface area contributed by atoms with E-state index in [1.165, 1.54) is 28.4 Å². The molecule has 0 aliphatic rings. The predicted octanol–water partition coefficient (Wildman–Crippen LogP) is 1.62. The fourth-order valence-corrected chi connectivity index (χ4v) is 1.59. The van der Waals surface area contributed by atoms with Crippen molar-refractivity contribution in [1.82, 2.24) is 0 Å². The van der Waals surface area contributed by atoms with E-state index in [1.54, 1.807) is 18.2 Å². The number of benzene rings is 1. The Kier molecular flexibility index (Phi) is 4.46. The molecule has 1 aromatic carbocycles. The lowest BCUT2D eigenvalue weighted by Crippen LogP contribution is -2.33. The molecule has 92 valence electrons. The molecule has 1 rings (SSSR count). The molecule has 0 unspecified atom stereocenters. The summed E-state index contributed by atoms with van der Waals surface area (Å²) in [6.45, 7) is 0. The van der Waals surface area contributed by atoms with Gasteiger partial charge in [-0.3, -0.25) is 0 Å². The van der Waals surface area contributed by atoms with E-state index in [0.717, 1.165) is 0 Å². The molecular formula is C12H15NO4. The Labute approximate surface area is 100 Å². The minimum atomic E-state index is -1.33. The highest BCUT2D eigenvalue weighted by Crippen LogP contribution is 2.34. The molecule has 0 aliphatic carbocycles. The number of nitriles is 1. The van der Waals surface area contributed by atoms with Crippen molar-refractivity contribution < 1.29 is 18.9 Å². The van der Waals surface area contributed by atoms with Gasteiger partial charge >= 0.3 is 5.97 Å².